The fourth-order valence-corrected chi connectivity index (χ4v) is 2.40. The van der Waals surface area contributed by atoms with Crippen LogP contribution in [0.4, 0.5) is 13.6 Å². The van der Waals surface area contributed by atoms with Crippen LogP contribution in [0.5, 0.6) is 0 Å². The maximum absolute atomic E-state index is 13.9. The van der Waals surface area contributed by atoms with Gasteiger partial charge >= 0.3 is 6.09 Å². The highest BCUT2D eigenvalue weighted by Gasteiger charge is 2.38. The van der Waals surface area contributed by atoms with Crippen LogP contribution in [-0.2, 0) is 4.74 Å². The summed E-state index contributed by atoms with van der Waals surface area (Å²) in [7, 11) is 0. The number of nitrogens with zero attached hydrogens (tertiary/aromatic N) is 1. The summed E-state index contributed by atoms with van der Waals surface area (Å²) in [5.74, 6) is -1.19. The molecule has 0 aliphatic carbocycles. The Bertz CT molecular complexity index is 542. The lowest BCUT2D eigenvalue weighted by molar-refractivity contribution is 0.0204. The Labute approximate surface area is 122 Å². The van der Waals surface area contributed by atoms with E-state index in [1.807, 2.05) is 0 Å². The van der Waals surface area contributed by atoms with Crippen LogP contribution in [0.1, 0.15) is 38.8 Å². The third-order valence-electron chi connectivity index (χ3n) is 3.22. The lowest BCUT2D eigenvalue weighted by atomic mass is 10.0. The first kappa shape index (κ1) is 15.7. The Kier molecular flexibility index (Phi) is 4.18. The summed E-state index contributed by atoms with van der Waals surface area (Å²) in [5, 5.41) is 9.77. The lowest BCUT2D eigenvalue weighted by Crippen LogP contribution is -2.37. The molecule has 2 rings (SSSR count). The fraction of sp³-hybridized carbons (Fsp3) is 0.533. The molecule has 1 aliphatic heterocycles. The molecule has 1 amide bonds. The van der Waals surface area contributed by atoms with Gasteiger partial charge in [-0.1, -0.05) is 0 Å². The summed E-state index contributed by atoms with van der Waals surface area (Å²) >= 11 is 0. The number of carbonyl (C=O) groups excluding carboxylic acids is 1. The van der Waals surface area contributed by atoms with Crippen molar-refractivity contribution in [3.05, 3.63) is 35.4 Å². The van der Waals surface area contributed by atoms with Gasteiger partial charge in [-0.3, -0.25) is 4.90 Å². The summed E-state index contributed by atoms with van der Waals surface area (Å²) in [6, 6.07) is 2.35. The van der Waals surface area contributed by atoms with Crippen LogP contribution in [0.2, 0.25) is 0 Å². The lowest BCUT2D eigenvalue weighted by Gasteiger charge is -2.28. The van der Waals surface area contributed by atoms with E-state index in [9.17, 15) is 18.7 Å². The van der Waals surface area contributed by atoms with Gasteiger partial charge in [0.1, 0.15) is 17.2 Å². The first-order valence-corrected chi connectivity index (χ1v) is 6.80. The molecule has 6 heteroatoms. The van der Waals surface area contributed by atoms with E-state index in [-0.39, 0.29) is 18.5 Å². The third-order valence-corrected chi connectivity index (χ3v) is 3.22. The van der Waals surface area contributed by atoms with Gasteiger partial charge in [-0.2, -0.15) is 0 Å². The molecule has 0 radical (unpaired) electrons. The maximum atomic E-state index is 13.9. The molecule has 0 aromatic heterocycles. The molecule has 21 heavy (non-hydrogen) atoms. The molecular formula is C15H19F2NO3. The highest BCUT2D eigenvalue weighted by atomic mass is 19.1. The van der Waals surface area contributed by atoms with E-state index in [1.54, 1.807) is 20.8 Å². The van der Waals surface area contributed by atoms with Crippen LogP contribution in [0.25, 0.3) is 0 Å². The van der Waals surface area contributed by atoms with E-state index in [1.165, 1.54) is 4.90 Å². The molecule has 0 unspecified atom stereocenters. The number of halogens is 2. The van der Waals surface area contributed by atoms with Crippen molar-refractivity contribution >= 4 is 6.09 Å². The van der Waals surface area contributed by atoms with Crippen molar-refractivity contribution in [3.63, 3.8) is 0 Å². The minimum atomic E-state index is -0.787. The Morgan fingerprint density at radius 1 is 1.38 bits per heavy atom. The normalized spacial score (nSPS) is 22.5. The quantitative estimate of drug-likeness (QED) is 0.867. The Morgan fingerprint density at radius 3 is 2.67 bits per heavy atom. The van der Waals surface area contributed by atoms with Crippen LogP contribution < -0.4 is 0 Å². The number of benzene rings is 1. The van der Waals surface area contributed by atoms with Crippen molar-refractivity contribution in [1.82, 2.24) is 4.90 Å². The highest BCUT2D eigenvalue weighted by Crippen LogP contribution is 2.35. The molecule has 116 valence electrons. The maximum Gasteiger partial charge on any atom is 0.410 e. The number of aliphatic hydroxyl groups is 1. The van der Waals surface area contributed by atoms with E-state index >= 15 is 0 Å². The van der Waals surface area contributed by atoms with E-state index in [0.29, 0.717) is 0 Å². The number of rotatable bonds is 1. The molecule has 0 bridgehead atoms. The highest BCUT2D eigenvalue weighted by molar-refractivity contribution is 5.69. The third kappa shape index (κ3) is 3.69. The van der Waals surface area contributed by atoms with E-state index in [0.717, 1.165) is 18.2 Å². The zero-order valence-corrected chi connectivity index (χ0v) is 12.3. The van der Waals surface area contributed by atoms with Crippen molar-refractivity contribution < 1.29 is 23.4 Å². The molecule has 1 aliphatic rings. The molecule has 1 aromatic rings. The Hall–Kier alpha value is -1.69. The SMILES string of the molecule is CC(C)(C)OC(=O)N1C[C@H](O)C[C@@H]1c1cc(F)ccc1F. The number of carbonyl (C=O) groups is 1. The van der Waals surface area contributed by atoms with Crippen molar-refractivity contribution in [2.45, 2.75) is 44.9 Å². The smallest absolute Gasteiger partial charge is 0.410 e. The van der Waals surface area contributed by atoms with Crippen molar-refractivity contribution in [3.8, 4) is 0 Å². The molecule has 0 spiro atoms. The van der Waals surface area contributed by atoms with Crippen molar-refractivity contribution in [2.24, 2.45) is 0 Å². The predicted octanol–water partition coefficient (Wildman–Crippen LogP) is 3.01. The summed E-state index contributed by atoms with van der Waals surface area (Å²) < 4.78 is 32.5. The van der Waals surface area contributed by atoms with Crippen LogP contribution in [0, 0.1) is 11.6 Å². The van der Waals surface area contributed by atoms with E-state index in [2.05, 4.69) is 0 Å². The second-order valence-corrected chi connectivity index (χ2v) is 6.20. The molecule has 4 nitrogen and oxygen atoms in total. The number of hydrogen-bond acceptors (Lipinski definition) is 3. The molecular weight excluding hydrogens is 280 g/mol. The molecule has 0 saturated carbocycles. The number of β-amino-alcohol motifs (C(OH)–C–C–N with tert-alkyl or cyclic N) is 1. The van der Waals surface area contributed by atoms with Crippen molar-refractivity contribution in [1.29, 1.82) is 0 Å². The topological polar surface area (TPSA) is 49.8 Å². The zero-order valence-electron chi connectivity index (χ0n) is 12.3. The van der Waals surface area contributed by atoms with Gasteiger partial charge in [0.2, 0.25) is 0 Å². The van der Waals surface area contributed by atoms with Crippen molar-refractivity contribution in [2.75, 3.05) is 6.54 Å². The predicted molar refractivity (Wildman–Crippen MR) is 72.7 cm³/mol. The van der Waals surface area contributed by atoms with E-state index in [4.69, 9.17) is 4.74 Å². The van der Waals surface area contributed by atoms with Gasteiger partial charge in [-0.25, -0.2) is 13.6 Å². The molecule has 1 N–H and O–H groups in total. The van der Waals surface area contributed by atoms with Gasteiger partial charge in [0.15, 0.2) is 0 Å². The Morgan fingerprint density at radius 2 is 2.05 bits per heavy atom. The summed E-state index contributed by atoms with van der Waals surface area (Å²) in [4.78, 5) is 13.4. The van der Waals surface area contributed by atoms with Gasteiger partial charge in [0, 0.05) is 5.56 Å². The van der Waals surface area contributed by atoms with Crippen LogP contribution >= 0.6 is 0 Å². The monoisotopic (exact) mass is 299 g/mol. The van der Waals surface area contributed by atoms with Crippen LogP contribution in [0.3, 0.4) is 0 Å². The minimum Gasteiger partial charge on any atom is -0.444 e. The first-order valence-electron chi connectivity index (χ1n) is 6.80. The second kappa shape index (κ2) is 5.60. The number of ether oxygens (including phenoxy) is 1. The summed E-state index contributed by atoms with van der Waals surface area (Å²) in [5.41, 5.74) is -0.646. The fourth-order valence-electron chi connectivity index (χ4n) is 2.40. The summed E-state index contributed by atoms with van der Waals surface area (Å²) in [6.07, 6.45) is -1.28. The second-order valence-electron chi connectivity index (χ2n) is 6.20. The van der Waals surface area contributed by atoms with Crippen LogP contribution in [-0.4, -0.2) is 34.3 Å². The van der Waals surface area contributed by atoms with Gasteiger partial charge in [0.25, 0.3) is 0 Å². The standard InChI is InChI=1S/C15H19F2NO3/c1-15(2,3)21-14(20)18-8-10(19)7-13(18)11-6-9(16)4-5-12(11)17/h4-6,10,13,19H,7-8H2,1-3H3/t10-,13-/m1/s1. The number of hydrogen-bond donors (Lipinski definition) is 1. The average Bonchev–Trinajstić information content (AvgIpc) is 2.72. The zero-order chi connectivity index (χ0) is 15.8. The summed E-state index contributed by atoms with van der Waals surface area (Å²) in [6.45, 7) is 5.19. The first-order chi connectivity index (χ1) is 9.67. The molecule has 2 atom stereocenters. The van der Waals surface area contributed by atoms with Gasteiger partial charge in [-0.15, -0.1) is 0 Å². The molecule has 1 saturated heterocycles. The van der Waals surface area contributed by atoms with Gasteiger partial charge in [-0.05, 0) is 45.4 Å². The number of aliphatic hydroxyl groups excluding tert-OH is 1. The Balaban J connectivity index is 2.28. The van der Waals surface area contributed by atoms with Crippen LogP contribution in [0.15, 0.2) is 18.2 Å². The molecule has 1 heterocycles. The van der Waals surface area contributed by atoms with Gasteiger partial charge in [0.05, 0.1) is 18.7 Å². The van der Waals surface area contributed by atoms with E-state index < -0.39 is 35.5 Å². The molecule has 1 aromatic carbocycles. The number of likely N-dealkylation sites (tertiary alicyclic amines) is 1. The number of amides is 1. The molecule has 1 fully saturated rings. The minimum absolute atomic E-state index is 0.0372. The average molecular weight is 299 g/mol. The van der Waals surface area contributed by atoms with Gasteiger partial charge < -0.3 is 9.84 Å². The largest absolute Gasteiger partial charge is 0.444 e.